The SMILES string of the molecule is NCCCCC(NC(=O)C(Cc1c[nH]c2ccccc12)NC(=O)C(Cc1c[nH]c2ccccc12)NC(=O)C(N)CC(=O)O)C(=O)O. The average Bonchev–Trinajstić information content (AvgIpc) is 3.63. The number of amides is 3. The third kappa shape index (κ3) is 8.70. The van der Waals surface area contributed by atoms with Gasteiger partial charge in [-0.1, -0.05) is 36.4 Å². The minimum absolute atomic E-state index is 0.00298. The Hall–Kier alpha value is -5.21. The van der Waals surface area contributed by atoms with E-state index in [1.165, 1.54) is 0 Å². The number of carboxylic acids is 2. The highest BCUT2D eigenvalue weighted by Gasteiger charge is 2.32. The van der Waals surface area contributed by atoms with Gasteiger partial charge in [0.2, 0.25) is 17.7 Å². The van der Waals surface area contributed by atoms with Gasteiger partial charge in [-0.3, -0.25) is 19.2 Å². The van der Waals surface area contributed by atoms with E-state index in [0.29, 0.717) is 30.5 Å². The first kappa shape index (κ1) is 33.7. The Morgan fingerprint density at radius 2 is 1.17 bits per heavy atom. The fourth-order valence-corrected chi connectivity index (χ4v) is 5.31. The van der Waals surface area contributed by atoms with E-state index in [1.54, 1.807) is 12.4 Å². The van der Waals surface area contributed by atoms with Gasteiger partial charge in [0.25, 0.3) is 0 Å². The molecule has 0 bridgehead atoms. The summed E-state index contributed by atoms with van der Waals surface area (Å²) in [6, 6.07) is 9.62. The summed E-state index contributed by atoms with van der Waals surface area (Å²) in [7, 11) is 0. The molecule has 11 N–H and O–H groups in total. The molecule has 0 spiro atoms. The lowest BCUT2D eigenvalue weighted by molar-refractivity contribution is -0.142. The van der Waals surface area contributed by atoms with Crippen molar-refractivity contribution in [1.82, 2.24) is 25.9 Å². The van der Waals surface area contributed by atoms with Crippen molar-refractivity contribution in [2.24, 2.45) is 11.5 Å². The predicted octanol–water partition coefficient (Wildman–Crippen LogP) is 0.904. The highest BCUT2D eigenvalue weighted by molar-refractivity contribution is 5.96. The van der Waals surface area contributed by atoms with Gasteiger partial charge in [0.05, 0.1) is 12.5 Å². The van der Waals surface area contributed by atoms with Crippen molar-refractivity contribution in [1.29, 1.82) is 0 Å². The normalized spacial score (nSPS) is 13.9. The van der Waals surface area contributed by atoms with E-state index < -0.39 is 60.2 Å². The van der Waals surface area contributed by atoms with Crippen LogP contribution in [0.25, 0.3) is 21.8 Å². The van der Waals surface area contributed by atoms with Gasteiger partial charge < -0.3 is 47.6 Å². The summed E-state index contributed by atoms with van der Waals surface area (Å²) in [6.45, 7) is 0.374. The lowest BCUT2D eigenvalue weighted by Gasteiger charge is -2.25. The fourth-order valence-electron chi connectivity index (χ4n) is 5.31. The van der Waals surface area contributed by atoms with Crippen molar-refractivity contribution in [2.75, 3.05) is 6.54 Å². The zero-order chi connectivity index (χ0) is 33.2. The molecule has 2 aromatic heterocycles. The molecule has 2 aromatic carbocycles. The lowest BCUT2D eigenvalue weighted by Crippen LogP contribution is -2.58. The highest BCUT2D eigenvalue weighted by atomic mass is 16.4. The summed E-state index contributed by atoms with van der Waals surface area (Å²) in [5, 5.41) is 28.3. The van der Waals surface area contributed by atoms with Crippen molar-refractivity contribution in [2.45, 2.75) is 62.7 Å². The summed E-state index contributed by atoms with van der Waals surface area (Å²) in [4.78, 5) is 69.9. The molecule has 0 saturated carbocycles. The van der Waals surface area contributed by atoms with Gasteiger partial charge in [0, 0.05) is 47.0 Å². The number of nitrogens with one attached hydrogen (secondary N) is 5. The molecule has 14 nitrogen and oxygen atoms in total. The maximum atomic E-state index is 13.9. The number of carboxylic acid groups (broad SMARTS) is 2. The van der Waals surface area contributed by atoms with E-state index in [4.69, 9.17) is 16.6 Å². The first-order valence-corrected chi connectivity index (χ1v) is 15.0. The summed E-state index contributed by atoms with van der Waals surface area (Å²) in [5.41, 5.74) is 14.3. The Morgan fingerprint density at radius 3 is 1.65 bits per heavy atom. The Balaban J connectivity index is 1.63. The molecule has 0 aliphatic rings. The number of aliphatic carboxylic acids is 2. The summed E-state index contributed by atoms with van der Waals surface area (Å²) in [5.74, 6) is -4.82. The number of aromatic nitrogens is 2. The van der Waals surface area contributed by atoms with Gasteiger partial charge in [0.1, 0.15) is 18.1 Å². The zero-order valence-corrected chi connectivity index (χ0v) is 25.1. The lowest BCUT2D eigenvalue weighted by atomic mass is 10.0. The van der Waals surface area contributed by atoms with Gasteiger partial charge in [-0.05, 0) is 49.1 Å². The number of fused-ring (bicyclic) bond motifs is 2. The molecule has 0 aliphatic carbocycles. The monoisotopic (exact) mass is 633 g/mol. The number of aromatic amines is 2. The molecule has 4 unspecified atom stereocenters. The molecular formula is C32H39N7O7. The van der Waals surface area contributed by atoms with Crippen LogP contribution in [-0.4, -0.2) is 80.6 Å². The Labute approximate surface area is 264 Å². The quantitative estimate of drug-likeness (QED) is 0.0749. The third-order valence-electron chi connectivity index (χ3n) is 7.76. The predicted molar refractivity (Wildman–Crippen MR) is 171 cm³/mol. The minimum Gasteiger partial charge on any atom is -0.481 e. The molecule has 46 heavy (non-hydrogen) atoms. The third-order valence-corrected chi connectivity index (χ3v) is 7.76. The second kappa shape index (κ2) is 15.7. The fraction of sp³-hybridized carbons (Fsp3) is 0.344. The first-order chi connectivity index (χ1) is 22.1. The van der Waals surface area contributed by atoms with E-state index in [-0.39, 0.29) is 19.3 Å². The number of H-pyrrole nitrogens is 2. The molecular weight excluding hydrogens is 594 g/mol. The molecule has 0 aliphatic heterocycles. The first-order valence-electron chi connectivity index (χ1n) is 15.0. The van der Waals surface area contributed by atoms with Crippen LogP contribution in [0.2, 0.25) is 0 Å². The van der Waals surface area contributed by atoms with Crippen LogP contribution in [0.3, 0.4) is 0 Å². The number of hydrogen-bond acceptors (Lipinski definition) is 7. The Kier molecular flexibility index (Phi) is 11.5. The number of carbonyl (C=O) groups is 5. The van der Waals surface area contributed by atoms with Crippen LogP contribution >= 0.6 is 0 Å². The summed E-state index contributed by atoms with van der Waals surface area (Å²) < 4.78 is 0. The van der Waals surface area contributed by atoms with Gasteiger partial charge in [-0.2, -0.15) is 0 Å². The van der Waals surface area contributed by atoms with Crippen LogP contribution < -0.4 is 27.4 Å². The molecule has 0 saturated heterocycles. The van der Waals surface area contributed by atoms with Crippen molar-refractivity contribution in [3.8, 4) is 0 Å². The van der Waals surface area contributed by atoms with Crippen molar-refractivity contribution in [3.05, 3.63) is 72.1 Å². The summed E-state index contributed by atoms with van der Waals surface area (Å²) in [6.07, 6.45) is 3.94. The Morgan fingerprint density at radius 1 is 0.696 bits per heavy atom. The van der Waals surface area contributed by atoms with Crippen molar-refractivity contribution < 1.29 is 34.2 Å². The van der Waals surface area contributed by atoms with Crippen LogP contribution in [0.5, 0.6) is 0 Å². The van der Waals surface area contributed by atoms with Crippen LogP contribution in [0.15, 0.2) is 60.9 Å². The van der Waals surface area contributed by atoms with Gasteiger partial charge in [-0.15, -0.1) is 0 Å². The Bertz CT molecular complexity index is 1700. The van der Waals surface area contributed by atoms with E-state index in [9.17, 15) is 29.1 Å². The zero-order valence-electron chi connectivity index (χ0n) is 25.1. The molecule has 14 heteroatoms. The van der Waals surface area contributed by atoms with E-state index in [1.807, 2.05) is 48.5 Å². The topological polar surface area (TPSA) is 246 Å². The standard InChI is InChI=1S/C32H39N7O7/c33-12-6-5-11-25(32(45)46)37-30(43)27(14-19-17-36-24-10-4-2-8-21(19)24)39-31(44)26(38-29(42)22(34)15-28(40)41)13-18-16-35-23-9-3-1-7-20(18)23/h1-4,7-10,16-17,22,25-27,35-36H,5-6,11-15,33-34H2,(H,37,43)(H,38,42)(H,39,44)(H,40,41)(H,45,46). The number of para-hydroxylation sites is 2. The minimum atomic E-state index is -1.43. The van der Waals surface area contributed by atoms with Crippen LogP contribution in [-0.2, 0) is 36.8 Å². The molecule has 0 fully saturated rings. The molecule has 3 amide bonds. The van der Waals surface area contributed by atoms with Crippen molar-refractivity contribution in [3.63, 3.8) is 0 Å². The van der Waals surface area contributed by atoms with E-state index in [0.717, 1.165) is 21.8 Å². The van der Waals surface area contributed by atoms with Crippen molar-refractivity contribution >= 4 is 51.5 Å². The molecule has 4 atom stereocenters. The molecule has 244 valence electrons. The number of rotatable bonds is 17. The molecule has 0 radical (unpaired) electrons. The maximum Gasteiger partial charge on any atom is 0.326 e. The maximum absolute atomic E-state index is 13.9. The smallest absolute Gasteiger partial charge is 0.326 e. The number of nitrogens with two attached hydrogens (primary N) is 2. The van der Waals surface area contributed by atoms with Crippen LogP contribution in [0, 0.1) is 0 Å². The second-order valence-corrected chi connectivity index (χ2v) is 11.1. The molecule has 4 rings (SSSR count). The highest BCUT2D eigenvalue weighted by Crippen LogP contribution is 2.21. The largest absolute Gasteiger partial charge is 0.481 e. The number of hydrogen-bond donors (Lipinski definition) is 9. The second-order valence-electron chi connectivity index (χ2n) is 11.1. The van der Waals surface area contributed by atoms with E-state index in [2.05, 4.69) is 25.9 Å². The van der Waals surface area contributed by atoms with E-state index >= 15 is 0 Å². The van der Waals surface area contributed by atoms with Gasteiger partial charge >= 0.3 is 11.9 Å². The average molecular weight is 634 g/mol. The number of unbranched alkanes of at least 4 members (excludes halogenated alkanes) is 1. The summed E-state index contributed by atoms with van der Waals surface area (Å²) >= 11 is 0. The number of benzene rings is 2. The number of carbonyl (C=O) groups excluding carboxylic acids is 3. The van der Waals surface area contributed by atoms with Crippen LogP contribution in [0.4, 0.5) is 0 Å². The van der Waals surface area contributed by atoms with Crippen LogP contribution in [0.1, 0.15) is 36.8 Å². The molecule has 2 heterocycles. The van der Waals surface area contributed by atoms with Gasteiger partial charge in [0.15, 0.2) is 0 Å². The van der Waals surface area contributed by atoms with Gasteiger partial charge in [-0.25, -0.2) is 4.79 Å². The molecule has 4 aromatic rings.